The van der Waals surface area contributed by atoms with Crippen LogP contribution in [-0.2, 0) is 6.61 Å². The number of hydrogen-bond acceptors (Lipinski definition) is 3. The van der Waals surface area contributed by atoms with E-state index in [0.29, 0.717) is 26.6 Å². The SMILES string of the molecule is COc1cc(C=Nc2cc(Cl)ccc2C)cc(Br)c1OCc1ccc(Cl)cc1Cl. The van der Waals surface area contributed by atoms with Gasteiger partial charge in [-0.2, -0.15) is 0 Å². The number of rotatable bonds is 6. The van der Waals surface area contributed by atoms with Crippen LogP contribution in [0.15, 0.2) is 58.0 Å². The topological polar surface area (TPSA) is 30.8 Å². The number of benzene rings is 3. The van der Waals surface area contributed by atoms with Crippen LogP contribution >= 0.6 is 50.7 Å². The van der Waals surface area contributed by atoms with Crippen molar-refractivity contribution in [2.75, 3.05) is 7.11 Å². The number of aryl methyl sites for hydroxylation is 1. The fourth-order valence-electron chi connectivity index (χ4n) is 2.61. The quantitative estimate of drug-likeness (QED) is 0.312. The summed E-state index contributed by atoms with van der Waals surface area (Å²) >= 11 is 21.8. The van der Waals surface area contributed by atoms with Gasteiger partial charge in [0, 0.05) is 26.8 Å². The average molecular weight is 514 g/mol. The third-order valence-electron chi connectivity index (χ3n) is 4.16. The first kappa shape index (κ1) is 22.0. The lowest BCUT2D eigenvalue weighted by atomic mass is 10.2. The average Bonchev–Trinajstić information content (AvgIpc) is 2.68. The minimum absolute atomic E-state index is 0.278. The third kappa shape index (κ3) is 5.67. The van der Waals surface area contributed by atoms with E-state index in [9.17, 15) is 0 Å². The van der Waals surface area contributed by atoms with Gasteiger partial charge in [-0.25, -0.2) is 0 Å². The molecule has 3 nitrogen and oxygen atoms in total. The Hall–Kier alpha value is -1.72. The molecule has 0 fully saturated rings. The summed E-state index contributed by atoms with van der Waals surface area (Å²) in [7, 11) is 1.59. The molecule has 3 aromatic rings. The lowest BCUT2D eigenvalue weighted by Gasteiger charge is -2.14. The summed E-state index contributed by atoms with van der Waals surface area (Å²) in [6.45, 7) is 2.26. The van der Waals surface area contributed by atoms with Gasteiger partial charge >= 0.3 is 0 Å². The number of ether oxygens (including phenoxy) is 2. The molecule has 0 aliphatic rings. The summed E-state index contributed by atoms with van der Waals surface area (Å²) < 4.78 is 12.2. The van der Waals surface area contributed by atoms with E-state index >= 15 is 0 Å². The molecule has 0 amide bonds. The van der Waals surface area contributed by atoms with Crippen molar-refractivity contribution in [1.82, 2.24) is 0 Å². The largest absolute Gasteiger partial charge is 0.493 e. The molecule has 29 heavy (non-hydrogen) atoms. The van der Waals surface area contributed by atoms with E-state index in [1.807, 2.05) is 43.3 Å². The number of aliphatic imine (C=N–C) groups is 1. The van der Waals surface area contributed by atoms with Gasteiger partial charge in [-0.05, 0) is 70.4 Å². The van der Waals surface area contributed by atoms with Gasteiger partial charge in [-0.15, -0.1) is 0 Å². The molecule has 0 saturated carbocycles. The fourth-order valence-corrected chi connectivity index (χ4v) is 3.81. The summed E-state index contributed by atoms with van der Waals surface area (Å²) in [6, 6.07) is 14.7. The molecule has 0 aromatic heterocycles. The number of methoxy groups -OCH3 is 1. The smallest absolute Gasteiger partial charge is 0.175 e. The van der Waals surface area contributed by atoms with Crippen LogP contribution in [-0.4, -0.2) is 13.3 Å². The van der Waals surface area contributed by atoms with Crippen molar-refractivity contribution in [3.8, 4) is 11.5 Å². The van der Waals surface area contributed by atoms with Crippen molar-refractivity contribution >= 4 is 62.6 Å². The van der Waals surface area contributed by atoms with Gasteiger partial charge in [0.05, 0.1) is 17.3 Å². The van der Waals surface area contributed by atoms with Crippen molar-refractivity contribution in [2.45, 2.75) is 13.5 Å². The molecule has 0 N–H and O–H groups in total. The van der Waals surface area contributed by atoms with Crippen LogP contribution in [0.3, 0.4) is 0 Å². The Morgan fingerprint density at radius 3 is 2.45 bits per heavy atom. The van der Waals surface area contributed by atoms with E-state index in [4.69, 9.17) is 44.3 Å². The van der Waals surface area contributed by atoms with Crippen LogP contribution in [0, 0.1) is 6.92 Å². The standard InChI is InChI=1S/C22H17BrCl3NO2/c1-13-3-5-17(25)10-20(13)27-11-14-7-18(23)22(21(8-14)28-2)29-12-15-4-6-16(24)9-19(15)26/h3-11H,12H2,1-2H3. The lowest BCUT2D eigenvalue weighted by Crippen LogP contribution is -2.00. The summed E-state index contributed by atoms with van der Waals surface area (Å²) in [5, 5.41) is 1.77. The molecule has 0 atom stereocenters. The fraction of sp³-hybridized carbons (Fsp3) is 0.136. The van der Waals surface area contributed by atoms with Crippen LogP contribution < -0.4 is 9.47 Å². The van der Waals surface area contributed by atoms with Gasteiger partial charge in [0.2, 0.25) is 0 Å². The van der Waals surface area contributed by atoms with E-state index < -0.39 is 0 Å². The molecule has 0 aliphatic carbocycles. The summed E-state index contributed by atoms with van der Waals surface area (Å²) in [5.74, 6) is 1.16. The third-order valence-corrected chi connectivity index (χ3v) is 5.57. The van der Waals surface area contributed by atoms with Crippen LogP contribution in [0.5, 0.6) is 11.5 Å². The van der Waals surface area contributed by atoms with Gasteiger partial charge in [0.1, 0.15) is 6.61 Å². The van der Waals surface area contributed by atoms with E-state index in [0.717, 1.165) is 26.9 Å². The molecule has 7 heteroatoms. The minimum atomic E-state index is 0.278. The Bertz CT molecular complexity index is 1070. The van der Waals surface area contributed by atoms with Crippen LogP contribution in [0.25, 0.3) is 0 Å². The molecule has 0 saturated heterocycles. The molecule has 0 heterocycles. The molecule has 0 radical (unpaired) electrons. The molecule has 0 spiro atoms. The molecule has 0 bridgehead atoms. The highest BCUT2D eigenvalue weighted by atomic mass is 79.9. The molecule has 0 aliphatic heterocycles. The first-order valence-corrected chi connectivity index (χ1v) is 10.5. The molecular formula is C22H17BrCl3NO2. The van der Waals surface area contributed by atoms with Crippen LogP contribution in [0.2, 0.25) is 15.1 Å². The second-order valence-corrected chi connectivity index (χ2v) is 8.38. The van der Waals surface area contributed by atoms with Gasteiger partial charge in [0.25, 0.3) is 0 Å². The summed E-state index contributed by atoms with van der Waals surface area (Å²) in [4.78, 5) is 4.54. The number of hydrogen-bond donors (Lipinski definition) is 0. The second kappa shape index (κ2) is 9.86. The van der Waals surface area contributed by atoms with Crippen molar-refractivity contribution in [1.29, 1.82) is 0 Å². The van der Waals surface area contributed by atoms with Crippen molar-refractivity contribution < 1.29 is 9.47 Å². The molecule has 3 rings (SSSR count). The first-order chi connectivity index (χ1) is 13.9. The Labute approximate surface area is 193 Å². The number of nitrogens with zero attached hydrogens (tertiary/aromatic N) is 1. The summed E-state index contributed by atoms with van der Waals surface area (Å²) in [6.07, 6.45) is 1.76. The highest BCUT2D eigenvalue weighted by Crippen LogP contribution is 2.37. The Balaban J connectivity index is 1.83. The minimum Gasteiger partial charge on any atom is -0.493 e. The number of halogens is 4. The molecule has 150 valence electrons. The molecule has 3 aromatic carbocycles. The van der Waals surface area contributed by atoms with Gasteiger partial charge in [-0.1, -0.05) is 46.9 Å². The summed E-state index contributed by atoms with van der Waals surface area (Å²) in [5.41, 5.74) is 3.53. The van der Waals surface area contributed by atoms with Gasteiger partial charge in [0.15, 0.2) is 11.5 Å². The Morgan fingerprint density at radius 1 is 1.00 bits per heavy atom. The van der Waals surface area contributed by atoms with Gasteiger partial charge < -0.3 is 9.47 Å². The maximum atomic E-state index is 6.22. The highest BCUT2D eigenvalue weighted by molar-refractivity contribution is 9.10. The predicted molar refractivity (Wildman–Crippen MR) is 125 cm³/mol. The van der Waals surface area contributed by atoms with E-state index in [1.54, 1.807) is 25.5 Å². The van der Waals surface area contributed by atoms with Crippen LogP contribution in [0.4, 0.5) is 5.69 Å². The Morgan fingerprint density at radius 2 is 1.72 bits per heavy atom. The maximum absolute atomic E-state index is 6.22. The maximum Gasteiger partial charge on any atom is 0.175 e. The first-order valence-electron chi connectivity index (χ1n) is 8.62. The zero-order chi connectivity index (χ0) is 21.0. The zero-order valence-corrected chi connectivity index (χ0v) is 19.5. The predicted octanol–water partition coefficient (Wildman–Crippen LogP) is 8.06. The van der Waals surface area contributed by atoms with E-state index in [-0.39, 0.29) is 6.61 Å². The van der Waals surface area contributed by atoms with E-state index in [1.165, 1.54) is 0 Å². The second-order valence-electron chi connectivity index (χ2n) is 6.25. The molecule has 0 unspecified atom stereocenters. The normalized spacial score (nSPS) is 11.1. The zero-order valence-electron chi connectivity index (χ0n) is 15.7. The Kier molecular flexibility index (Phi) is 7.47. The molecular weight excluding hydrogens is 497 g/mol. The monoisotopic (exact) mass is 511 g/mol. The van der Waals surface area contributed by atoms with Crippen molar-refractivity contribution in [2.24, 2.45) is 4.99 Å². The van der Waals surface area contributed by atoms with Crippen LogP contribution in [0.1, 0.15) is 16.7 Å². The lowest BCUT2D eigenvalue weighted by molar-refractivity contribution is 0.282. The highest BCUT2D eigenvalue weighted by Gasteiger charge is 2.13. The van der Waals surface area contributed by atoms with Gasteiger partial charge in [-0.3, -0.25) is 4.99 Å². The van der Waals surface area contributed by atoms with Crippen molar-refractivity contribution in [3.63, 3.8) is 0 Å². The van der Waals surface area contributed by atoms with Crippen molar-refractivity contribution in [3.05, 3.63) is 84.8 Å². The van der Waals surface area contributed by atoms with E-state index in [2.05, 4.69) is 20.9 Å².